The van der Waals surface area contributed by atoms with E-state index in [2.05, 4.69) is 217 Å². The Kier molecular flexibility index (Phi) is 7.78. The molecule has 0 radical (unpaired) electrons. The van der Waals surface area contributed by atoms with Crippen LogP contribution in [0.15, 0.2) is 212 Å². The number of fused-ring (bicyclic) bond motifs is 12. The van der Waals surface area contributed by atoms with E-state index in [1.165, 1.54) is 79.9 Å². The predicted octanol–water partition coefficient (Wildman–Crippen LogP) is 16.1. The van der Waals surface area contributed by atoms with E-state index in [1.54, 1.807) is 0 Å². The fourth-order valence-corrected chi connectivity index (χ4v) is 10.7. The molecular weight excluding hydrogens is 771 g/mol. The summed E-state index contributed by atoms with van der Waals surface area (Å²) >= 11 is 1.83. The zero-order valence-corrected chi connectivity index (χ0v) is 34.3. The molecule has 4 heteroatoms. The van der Waals surface area contributed by atoms with Gasteiger partial charge in [0, 0.05) is 53.3 Å². The third kappa shape index (κ3) is 5.51. The molecule has 0 atom stereocenters. The minimum Gasteiger partial charge on any atom is -0.309 e. The molecule has 0 fully saturated rings. The van der Waals surface area contributed by atoms with Crippen LogP contribution in [0.4, 0.5) is 0 Å². The average molecular weight is 806 g/mol. The molecule has 0 aliphatic rings. The summed E-state index contributed by atoms with van der Waals surface area (Å²) in [6, 6.07) is 76.8. The van der Waals surface area contributed by atoms with Crippen LogP contribution in [0.2, 0.25) is 0 Å². The van der Waals surface area contributed by atoms with Crippen molar-refractivity contribution in [3.05, 3.63) is 212 Å². The quantitative estimate of drug-likeness (QED) is 0.162. The maximum absolute atomic E-state index is 5.36. The molecule has 3 nitrogen and oxygen atoms in total. The minimum atomic E-state index is 0.709. The Bertz CT molecular complexity index is 3880. The SMILES string of the molecule is c1ccc(-c2ccc(-c3cc(-c4ccc5c(c4)c4ccccc4n5-c4ccc5c6ccccc6c6ccccc6c5c4)nc(-c4ccc5sc6ccccc6c5c4)n3)cc2)cc1. The van der Waals surface area contributed by atoms with Gasteiger partial charge in [0.05, 0.1) is 22.4 Å². The van der Waals surface area contributed by atoms with E-state index in [9.17, 15) is 0 Å². The number of aromatic nitrogens is 3. The van der Waals surface area contributed by atoms with Crippen molar-refractivity contribution in [1.82, 2.24) is 14.5 Å². The van der Waals surface area contributed by atoms with E-state index in [0.717, 1.165) is 39.3 Å². The Labute approximate surface area is 361 Å². The van der Waals surface area contributed by atoms with Crippen molar-refractivity contribution >= 4 is 85.6 Å². The molecule has 0 N–H and O–H groups in total. The Morgan fingerprint density at radius 3 is 1.56 bits per heavy atom. The zero-order chi connectivity index (χ0) is 40.7. The van der Waals surface area contributed by atoms with Crippen LogP contribution >= 0.6 is 11.3 Å². The van der Waals surface area contributed by atoms with Gasteiger partial charge in [-0.25, -0.2) is 9.97 Å². The Hall–Kier alpha value is -7.92. The van der Waals surface area contributed by atoms with Crippen LogP contribution in [0.5, 0.6) is 0 Å². The molecule has 3 heterocycles. The molecule has 13 aromatic rings. The third-order valence-electron chi connectivity index (χ3n) is 12.6. The second kappa shape index (κ2) is 13.8. The Balaban J connectivity index is 0.994. The van der Waals surface area contributed by atoms with E-state index in [0.29, 0.717) is 5.82 Å². The molecule has 3 aromatic heterocycles. The standard InChI is InChI=1S/C58H35N3S/c1-2-12-36(13-3-1)37-22-24-38(25-23-37)52-35-53(60-58(59-52)40-27-31-57-51(33-40)48-19-9-11-21-56(48)62-57)39-26-30-55-50(32-39)47-18-8-10-20-54(47)61(55)41-28-29-46-44-16-5-4-14-42(44)43-15-6-7-17-45(43)49(46)34-41/h1-35H. The van der Waals surface area contributed by atoms with Gasteiger partial charge in [0.15, 0.2) is 5.82 Å². The number of hydrogen-bond acceptors (Lipinski definition) is 3. The largest absolute Gasteiger partial charge is 0.309 e. The monoisotopic (exact) mass is 805 g/mol. The second-order valence-corrected chi connectivity index (χ2v) is 17.2. The second-order valence-electron chi connectivity index (χ2n) is 16.1. The number of hydrogen-bond donors (Lipinski definition) is 0. The van der Waals surface area contributed by atoms with Crippen LogP contribution in [0.3, 0.4) is 0 Å². The maximum Gasteiger partial charge on any atom is 0.160 e. The van der Waals surface area contributed by atoms with Gasteiger partial charge < -0.3 is 4.57 Å². The van der Waals surface area contributed by atoms with Gasteiger partial charge in [-0.05, 0) is 104 Å². The molecular formula is C58H35N3S. The van der Waals surface area contributed by atoms with Gasteiger partial charge in [0.25, 0.3) is 0 Å². The van der Waals surface area contributed by atoms with E-state index in [-0.39, 0.29) is 0 Å². The van der Waals surface area contributed by atoms with Crippen molar-refractivity contribution in [1.29, 1.82) is 0 Å². The van der Waals surface area contributed by atoms with Gasteiger partial charge in [-0.3, -0.25) is 0 Å². The lowest BCUT2D eigenvalue weighted by molar-refractivity contribution is 1.18. The van der Waals surface area contributed by atoms with Crippen molar-refractivity contribution in [2.45, 2.75) is 0 Å². The van der Waals surface area contributed by atoms with Crippen molar-refractivity contribution in [2.24, 2.45) is 0 Å². The zero-order valence-electron chi connectivity index (χ0n) is 33.5. The van der Waals surface area contributed by atoms with Gasteiger partial charge in [-0.1, -0.05) is 152 Å². The Morgan fingerprint density at radius 2 is 0.806 bits per heavy atom. The molecule has 0 unspecified atom stereocenters. The van der Waals surface area contributed by atoms with Gasteiger partial charge in [-0.2, -0.15) is 0 Å². The van der Waals surface area contributed by atoms with Gasteiger partial charge >= 0.3 is 0 Å². The first kappa shape index (κ1) is 34.9. The fourth-order valence-electron chi connectivity index (χ4n) is 9.65. The number of benzene rings is 10. The summed E-state index contributed by atoms with van der Waals surface area (Å²) in [7, 11) is 0. The number of para-hydroxylation sites is 1. The van der Waals surface area contributed by atoms with E-state index in [1.807, 2.05) is 11.3 Å². The fraction of sp³-hybridized carbons (Fsp3) is 0. The van der Waals surface area contributed by atoms with E-state index >= 15 is 0 Å². The molecule has 10 aromatic carbocycles. The Morgan fingerprint density at radius 1 is 0.290 bits per heavy atom. The lowest BCUT2D eigenvalue weighted by Crippen LogP contribution is -1.96. The van der Waals surface area contributed by atoms with Crippen LogP contribution in [-0.2, 0) is 0 Å². The molecule has 0 amide bonds. The lowest BCUT2D eigenvalue weighted by Gasteiger charge is -2.14. The first-order valence-corrected chi connectivity index (χ1v) is 21.9. The van der Waals surface area contributed by atoms with Crippen molar-refractivity contribution in [3.63, 3.8) is 0 Å². The molecule has 0 saturated heterocycles. The van der Waals surface area contributed by atoms with Crippen molar-refractivity contribution < 1.29 is 0 Å². The highest BCUT2D eigenvalue weighted by Crippen LogP contribution is 2.41. The summed E-state index contributed by atoms with van der Waals surface area (Å²) in [5, 5.41) is 12.5. The summed E-state index contributed by atoms with van der Waals surface area (Å²) in [6.07, 6.45) is 0. The van der Waals surface area contributed by atoms with Crippen LogP contribution < -0.4 is 0 Å². The maximum atomic E-state index is 5.36. The molecule has 0 spiro atoms. The summed E-state index contributed by atoms with van der Waals surface area (Å²) in [5.74, 6) is 0.709. The van der Waals surface area contributed by atoms with Gasteiger partial charge in [-0.15, -0.1) is 11.3 Å². The average Bonchev–Trinajstić information content (AvgIpc) is 3.89. The smallest absolute Gasteiger partial charge is 0.160 e. The van der Waals surface area contributed by atoms with E-state index < -0.39 is 0 Å². The van der Waals surface area contributed by atoms with Crippen LogP contribution in [0, 0.1) is 0 Å². The lowest BCUT2D eigenvalue weighted by atomic mass is 9.94. The normalized spacial score (nSPS) is 11.9. The molecule has 288 valence electrons. The van der Waals surface area contributed by atoms with Crippen LogP contribution in [-0.4, -0.2) is 14.5 Å². The minimum absolute atomic E-state index is 0.709. The third-order valence-corrected chi connectivity index (χ3v) is 13.8. The topological polar surface area (TPSA) is 30.7 Å². The van der Waals surface area contributed by atoms with Gasteiger partial charge in [0.1, 0.15) is 0 Å². The molecule has 0 saturated carbocycles. The molecule has 62 heavy (non-hydrogen) atoms. The first-order chi connectivity index (χ1) is 30.7. The first-order valence-electron chi connectivity index (χ1n) is 21.1. The number of rotatable bonds is 5. The number of nitrogens with zero attached hydrogens (tertiary/aromatic N) is 3. The predicted molar refractivity (Wildman–Crippen MR) is 264 cm³/mol. The van der Waals surface area contributed by atoms with E-state index in [4.69, 9.17) is 9.97 Å². The summed E-state index contributed by atoms with van der Waals surface area (Å²) in [5.41, 5.74) is 10.7. The summed E-state index contributed by atoms with van der Waals surface area (Å²) in [4.78, 5) is 10.6. The highest BCUT2D eigenvalue weighted by Gasteiger charge is 2.18. The summed E-state index contributed by atoms with van der Waals surface area (Å²) in [6.45, 7) is 0. The molecule has 13 rings (SSSR count). The van der Waals surface area contributed by atoms with Crippen molar-refractivity contribution in [2.75, 3.05) is 0 Å². The van der Waals surface area contributed by atoms with Crippen LogP contribution in [0.25, 0.3) is 125 Å². The highest BCUT2D eigenvalue weighted by molar-refractivity contribution is 7.25. The van der Waals surface area contributed by atoms with Gasteiger partial charge in [0.2, 0.25) is 0 Å². The number of thiophene rings is 1. The molecule has 0 aliphatic carbocycles. The van der Waals surface area contributed by atoms with Crippen molar-refractivity contribution in [3.8, 4) is 50.7 Å². The highest BCUT2D eigenvalue weighted by atomic mass is 32.1. The molecule has 0 bridgehead atoms. The molecule has 0 aliphatic heterocycles. The summed E-state index contributed by atoms with van der Waals surface area (Å²) < 4.78 is 4.97. The van der Waals surface area contributed by atoms with Crippen LogP contribution in [0.1, 0.15) is 0 Å².